The third-order valence-electron chi connectivity index (χ3n) is 6.52. The van der Waals surface area contributed by atoms with Gasteiger partial charge in [-0.2, -0.15) is 0 Å². The van der Waals surface area contributed by atoms with Gasteiger partial charge in [-0.05, 0) is 41.0 Å². The second-order valence-corrected chi connectivity index (χ2v) is 8.95. The number of benzene rings is 2. The minimum absolute atomic E-state index is 0.0861. The molecule has 4 rings (SSSR count). The molecule has 3 atom stereocenters. The fraction of sp³-hybridized carbons (Fsp3) is 0.480. The predicted molar refractivity (Wildman–Crippen MR) is 117 cm³/mol. The number of hydrogen-bond acceptors (Lipinski definition) is 3. The molecule has 1 saturated carbocycles. The first-order valence-electron chi connectivity index (χ1n) is 10.6. The van der Waals surface area contributed by atoms with Gasteiger partial charge in [-0.25, -0.2) is 4.98 Å². The molecule has 3 unspecified atom stereocenters. The number of nitrogens with zero attached hydrogens (tertiary/aromatic N) is 2. The maximum atomic E-state index is 6.48. The molecule has 29 heavy (non-hydrogen) atoms. The molecule has 1 fully saturated rings. The molecular weight excluding hydrogens is 360 g/mol. The van der Waals surface area contributed by atoms with Crippen molar-refractivity contribution in [3.8, 4) is 0 Å². The van der Waals surface area contributed by atoms with Gasteiger partial charge >= 0.3 is 0 Å². The van der Waals surface area contributed by atoms with Crippen LogP contribution in [0.4, 0.5) is 0 Å². The molecule has 1 aliphatic rings. The van der Waals surface area contributed by atoms with Crippen LogP contribution in [0.2, 0.25) is 0 Å². The van der Waals surface area contributed by atoms with Crippen molar-refractivity contribution in [1.29, 1.82) is 0 Å². The Labute approximate surface area is 173 Å². The van der Waals surface area contributed by atoms with Gasteiger partial charge in [0, 0.05) is 26.6 Å². The van der Waals surface area contributed by atoms with E-state index in [1.165, 1.54) is 16.3 Å². The van der Waals surface area contributed by atoms with E-state index < -0.39 is 0 Å². The average Bonchev–Trinajstić information content (AvgIpc) is 3.14. The van der Waals surface area contributed by atoms with Gasteiger partial charge in [-0.1, -0.05) is 56.3 Å². The second kappa shape index (κ2) is 8.29. The quantitative estimate of drug-likeness (QED) is 0.584. The van der Waals surface area contributed by atoms with Crippen molar-refractivity contribution >= 4 is 10.8 Å². The number of aromatic nitrogens is 2. The van der Waals surface area contributed by atoms with Crippen molar-refractivity contribution in [2.24, 2.45) is 12.5 Å². The minimum atomic E-state index is 0.0861. The molecular formula is C25H32N2O2. The van der Waals surface area contributed by atoms with Crippen LogP contribution in [0.25, 0.3) is 10.8 Å². The Morgan fingerprint density at radius 1 is 1.14 bits per heavy atom. The maximum Gasteiger partial charge on any atom is 0.116 e. The third-order valence-corrected chi connectivity index (χ3v) is 6.52. The highest BCUT2D eigenvalue weighted by atomic mass is 16.5. The third kappa shape index (κ3) is 4.10. The van der Waals surface area contributed by atoms with Crippen LogP contribution in [0.15, 0.2) is 54.9 Å². The van der Waals surface area contributed by atoms with Crippen molar-refractivity contribution in [3.63, 3.8) is 0 Å². The molecule has 4 heteroatoms. The first-order chi connectivity index (χ1) is 14.0. The predicted octanol–water partition coefficient (Wildman–Crippen LogP) is 5.12. The minimum Gasteiger partial charge on any atom is -0.380 e. The molecule has 154 valence electrons. The Bertz CT molecular complexity index is 962. The van der Waals surface area contributed by atoms with Gasteiger partial charge in [-0.15, -0.1) is 0 Å². The van der Waals surface area contributed by atoms with Crippen molar-refractivity contribution < 1.29 is 9.47 Å². The summed E-state index contributed by atoms with van der Waals surface area (Å²) in [7, 11) is 3.88. The van der Waals surface area contributed by atoms with Crippen molar-refractivity contribution in [1.82, 2.24) is 9.55 Å². The number of fused-ring (bicyclic) bond motifs is 1. The Balaban J connectivity index is 1.49. The number of rotatable bonds is 6. The lowest BCUT2D eigenvalue weighted by atomic mass is 9.67. The molecule has 4 nitrogen and oxygen atoms in total. The highest BCUT2D eigenvalue weighted by molar-refractivity contribution is 5.82. The Morgan fingerprint density at radius 3 is 2.66 bits per heavy atom. The van der Waals surface area contributed by atoms with Crippen LogP contribution in [0, 0.1) is 5.41 Å². The van der Waals surface area contributed by atoms with Gasteiger partial charge in [0.15, 0.2) is 0 Å². The van der Waals surface area contributed by atoms with E-state index in [0.717, 1.165) is 25.1 Å². The zero-order chi connectivity index (χ0) is 20.4. The maximum absolute atomic E-state index is 6.48. The van der Waals surface area contributed by atoms with Crippen molar-refractivity contribution in [2.45, 2.75) is 51.2 Å². The zero-order valence-corrected chi connectivity index (χ0v) is 18.0. The summed E-state index contributed by atoms with van der Waals surface area (Å²) in [4.78, 5) is 4.66. The molecule has 0 spiro atoms. The molecule has 0 saturated heterocycles. The highest BCUT2D eigenvalue weighted by Crippen LogP contribution is 2.46. The van der Waals surface area contributed by atoms with E-state index in [1.54, 1.807) is 0 Å². The summed E-state index contributed by atoms with van der Waals surface area (Å²) < 4.78 is 14.6. The van der Waals surface area contributed by atoms with Crippen LogP contribution in [-0.2, 0) is 22.9 Å². The molecule has 1 heterocycles. The fourth-order valence-electron chi connectivity index (χ4n) is 4.89. The molecule has 2 aromatic carbocycles. The van der Waals surface area contributed by atoms with Gasteiger partial charge in [0.2, 0.25) is 0 Å². The molecule has 1 aromatic heterocycles. The van der Waals surface area contributed by atoms with Crippen LogP contribution >= 0.6 is 0 Å². The Morgan fingerprint density at radius 2 is 1.93 bits per heavy atom. The number of imidazole rings is 1. The van der Waals surface area contributed by atoms with E-state index in [0.29, 0.717) is 6.61 Å². The first kappa shape index (κ1) is 20.1. The smallest absolute Gasteiger partial charge is 0.116 e. The topological polar surface area (TPSA) is 36.3 Å². The molecule has 0 N–H and O–H groups in total. The molecule has 0 amide bonds. The summed E-state index contributed by atoms with van der Waals surface area (Å²) in [6.45, 7) is 5.30. The van der Waals surface area contributed by atoms with E-state index in [2.05, 4.69) is 72.9 Å². The second-order valence-electron chi connectivity index (χ2n) is 8.95. The standard InChI is InChI=1S/C25H32N2O2/c1-25(2)13-11-21(22(23(25)28-4)24-26-14-15-27(24)3)29-16-12-18-9-10-19-7-5-6-8-20(19)17-18/h5-10,14-15,17,21-23H,11-13,16H2,1-4H3. The van der Waals surface area contributed by atoms with Crippen LogP contribution in [0.1, 0.15) is 44.0 Å². The van der Waals surface area contributed by atoms with E-state index in [-0.39, 0.29) is 23.5 Å². The summed E-state index contributed by atoms with van der Waals surface area (Å²) in [5, 5.41) is 2.57. The summed E-state index contributed by atoms with van der Waals surface area (Å²) in [6, 6.07) is 15.2. The summed E-state index contributed by atoms with van der Waals surface area (Å²) in [5.41, 5.74) is 1.42. The van der Waals surface area contributed by atoms with Gasteiger partial charge < -0.3 is 14.0 Å². The summed E-state index contributed by atoms with van der Waals surface area (Å²) >= 11 is 0. The first-order valence-corrected chi connectivity index (χ1v) is 10.6. The van der Waals surface area contributed by atoms with Crippen LogP contribution in [0.5, 0.6) is 0 Å². The molecule has 0 radical (unpaired) electrons. The van der Waals surface area contributed by atoms with E-state index in [1.807, 2.05) is 19.5 Å². The van der Waals surface area contributed by atoms with Gasteiger partial charge in [0.1, 0.15) is 5.82 Å². The van der Waals surface area contributed by atoms with E-state index >= 15 is 0 Å². The number of methoxy groups -OCH3 is 1. The van der Waals surface area contributed by atoms with Gasteiger partial charge in [0.25, 0.3) is 0 Å². The van der Waals surface area contributed by atoms with E-state index in [4.69, 9.17) is 9.47 Å². The number of aryl methyl sites for hydroxylation is 1. The lowest BCUT2D eigenvalue weighted by Crippen LogP contribution is -2.48. The van der Waals surface area contributed by atoms with Crippen LogP contribution in [-0.4, -0.2) is 35.5 Å². The van der Waals surface area contributed by atoms with Crippen LogP contribution in [0.3, 0.4) is 0 Å². The number of ether oxygens (including phenoxy) is 2. The largest absolute Gasteiger partial charge is 0.380 e. The Hall–Kier alpha value is -2.17. The normalized spacial score (nSPS) is 24.1. The van der Waals surface area contributed by atoms with E-state index in [9.17, 15) is 0 Å². The van der Waals surface area contributed by atoms with Gasteiger partial charge in [0.05, 0.1) is 24.7 Å². The number of hydrogen-bond donors (Lipinski definition) is 0. The lowest BCUT2D eigenvalue weighted by Gasteiger charge is -2.46. The highest BCUT2D eigenvalue weighted by Gasteiger charge is 2.47. The average molecular weight is 393 g/mol. The van der Waals surface area contributed by atoms with Gasteiger partial charge in [-0.3, -0.25) is 0 Å². The van der Waals surface area contributed by atoms with Crippen molar-refractivity contribution in [2.75, 3.05) is 13.7 Å². The van der Waals surface area contributed by atoms with Crippen molar-refractivity contribution in [3.05, 3.63) is 66.2 Å². The molecule has 3 aromatic rings. The zero-order valence-electron chi connectivity index (χ0n) is 18.0. The monoisotopic (exact) mass is 392 g/mol. The SMILES string of the molecule is COC1C(c2nccn2C)C(OCCc2ccc3ccccc3c2)CCC1(C)C. The fourth-order valence-corrected chi connectivity index (χ4v) is 4.89. The summed E-state index contributed by atoms with van der Waals surface area (Å²) in [6.07, 6.45) is 7.12. The molecule has 1 aliphatic carbocycles. The molecule has 0 bridgehead atoms. The lowest BCUT2D eigenvalue weighted by molar-refractivity contribution is -0.106. The summed E-state index contributed by atoms with van der Waals surface area (Å²) in [5.74, 6) is 1.20. The Kier molecular flexibility index (Phi) is 5.75. The van der Waals surface area contributed by atoms with Crippen LogP contribution < -0.4 is 0 Å². The molecule has 0 aliphatic heterocycles.